The molecule has 0 saturated carbocycles. The third-order valence-corrected chi connectivity index (χ3v) is 3.49. The number of hydrogen-bond acceptors (Lipinski definition) is 1. The molecule has 19 heavy (non-hydrogen) atoms. The zero-order valence-corrected chi connectivity index (χ0v) is 11.5. The summed E-state index contributed by atoms with van der Waals surface area (Å²) in [6.07, 6.45) is 0.713. The van der Waals surface area contributed by atoms with Crippen molar-refractivity contribution in [1.82, 2.24) is 0 Å². The first-order valence-electron chi connectivity index (χ1n) is 6.31. The lowest BCUT2D eigenvalue weighted by molar-refractivity contribution is 0.178. The van der Waals surface area contributed by atoms with Crippen LogP contribution in [0.25, 0.3) is 0 Å². The van der Waals surface area contributed by atoms with Gasteiger partial charge >= 0.3 is 0 Å². The van der Waals surface area contributed by atoms with Crippen LogP contribution in [-0.2, 0) is 12.8 Å². The van der Waals surface area contributed by atoms with Gasteiger partial charge in [-0.3, -0.25) is 0 Å². The molecule has 1 atom stereocenters. The predicted molar refractivity (Wildman–Crippen MR) is 75.9 cm³/mol. The summed E-state index contributed by atoms with van der Waals surface area (Å²) in [5.74, 6) is -0.451. The van der Waals surface area contributed by atoms with Gasteiger partial charge in [-0.1, -0.05) is 48.9 Å². The van der Waals surface area contributed by atoms with Gasteiger partial charge in [-0.2, -0.15) is 0 Å². The summed E-state index contributed by atoms with van der Waals surface area (Å²) >= 11 is 5.63. The fourth-order valence-electron chi connectivity index (χ4n) is 1.98. The van der Waals surface area contributed by atoms with Crippen molar-refractivity contribution in [1.29, 1.82) is 0 Å². The number of rotatable bonds is 4. The van der Waals surface area contributed by atoms with Crippen molar-refractivity contribution in [3.8, 4) is 0 Å². The van der Waals surface area contributed by atoms with Gasteiger partial charge in [0.15, 0.2) is 0 Å². The van der Waals surface area contributed by atoms with Crippen LogP contribution in [0.3, 0.4) is 0 Å². The molecule has 2 aromatic rings. The van der Waals surface area contributed by atoms with Crippen LogP contribution in [0.5, 0.6) is 0 Å². The molecule has 2 rings (SSSR count). The van der Waals surface area contributed by atoms with Crippen LogP contribution in [0.1, 0.15) is 29.7 Å². The fraction of sp³-hybridized carbons (Fsp3) is 0.250. The van der Waals surface area contributed by atoms with E-state index in [0.29, 0.717) is 6.42 Å². The van der Waals surface area contributed by atoms with Gasteiger partial charge in [0.1, 0.15) is 5.82 Å². The Bertz CT molecular complexity index is 551. The Morgan fingerprint density at radius 1 is 1.11 bits per heavy atom. The summed E-state index contributed by atoms with van der Waals surface area (Å²) < 4.78 is 13.3. The molecule has 0 heterocycles. The van der Waals surface area contributed by atoms with E-state index in [0.717, 1.165) is 17.5 Å². The SMILES string of the molecule is CCc1ccc(C(O)Cc2ccc(Cl)c(F)c2)cc1. The monoisotopic (exact) mass is 278 g/mol. The number of aliphatic hydroxyl groups excluding tert-OH is 1. The second-order valence-electron chi connectivity index (χ2n) is 4.56. The maximum atomic E-state index is 13.3. The van der Waals surface area contributed by atoms with E-state index in [1.807, 2.05) is 24.3 Å². The van der Waals surface area contributed by atoms with Gasteiger partial charge in [-0.15, -0.1) is 0 Å². The molecular formula is C16H16ClFO. The number of hydrogen-bond donors (Lipinski definition) is 1. The van der Waals surface area contributed by atoms with Crippen molar-refractivity contribution in [2.75, 3.05) is 0 Å². The molecule has 0 amide bonds. The van der Waals surface area contributed by atoms with E-state index in [4.69, 9.17) is 11.6 Å². The zero-order chi connectivity index (χ0) is 13.8. The smallest absolute Gasteiger partial charge is 0.142 e. The molecule has 3 heteroatoms. The van der Waals surface area contributed by atoms with E-state index in [1.54, 1.807) is 6.07 Å². The van der Waals surface area contributed by atoms with Crippen LogP contribution in [0.2, 0.25) is 5.02 Å². The number of halogens is 2. The molecule has 0 spiro atoms. The molecule has 1 unspecified atom stereocenters. The topological polar surface area (TPSA) is 20.2 Å². The molecule has 2 aromatic carbocycles. The van der Waals surface area contributed by atoms with E-state index >= 15 is 0 Å². The van der Waals surface area contributed by atoms with Gasteiger partial charge in [-0.25, -0.2) is 4.39 Å². The van der Waals surface area contributed by atoms with Crippen molar-refractivity contribution in [3.63, 3.8) is 0 Å². The first-order valence-corrected chi connectivity index (χ1v) is 6.68. The minimum Gasteiger partial charge on any atom is -0.388 e. The highest BCUT2D eigenvalue weighted by Gasteiger charge is 2.10. The van der Waals surface area contributed by atoms with Gasteiger partial charge in [0.2, 0.25) is 0 Å². The summed E-state index contributed by atoms with van der Waals surface area (Å²) in [5.41, 5.74) is 2.80. The Balaban J connectivity index is 2.10. The highest BCUT2D eigenvalue weighted by atomic mass is 35.5. The fourth-order valence-corrected chi connectivity index (χ4v) is 2.10. The van der Waals surface area contributed by atoms with Gasteiger partial charge in [0, 0.05) is 6.42 Å². The minimum absolute atomic E-state index is 0.102. The van der Waals surface area contributed by atoms with E-state index in [2.05, 4.69) is 6.92 Å². The summed E-state index contributed by atoms with van der Waals surface area (Å²) in [6.45, 7) is 2.09. The summed E-state index contributed by atoms with van der Waals surface area (Å²) in [6, 6.07) is 12.4. The summed E-state index contributed by atoms with van der Waals surface area (Å²) in [4.78, 5) is 0. The first kappa shape index (κ1) is 14.0. The number of aliphatic hydroxyl groups is 1. The van der Waals surface area contributed by atoms with Gasteiger partial charge in [0.25, 0.3) is 0 Å². The van der Waals surface area contributed by atoms with Crippen LogP contribution in [0, 0.1) is 5.82 Å². The average molecular weight is 279 g/mol. The number of benzene rings is 2. The van der Waals surface area contributed by atoms with Crippen LogP contribution in [0.4, 0.5) is 4.39 Å². The quantitative estimate of drug-likeness (QED) is 0.883. The lowest BCUT2D eigenvalue weighted by Crippen LogP contribution is -2.02. The van der Waals surface area contributed by atoms with Gasteiger partial charge in [0.05, 0.1) is 11.1 Å². The van der Waals surface area contributed by atoms with Gasteiger partial charge in [-0.05, 0) is 35.2 Å². The van der Waals surface area contributed by atoms with E-state index < -0.39 is 11.9 Å². The molecule has 1 N–H and O–H groups in total. The maximum absolute atomic E-state index is 13.3. The molecule has 0 aliphatic heterocycles. The van der Waals surface area contributed by atoms with Crippen LogP contribution < -0.4 is 0 Å². The average Bonchev–Trinajstić information content (AvgIpc) is 2.43. The Morgan fingerprint density at radius 3 is 2.32 bits per heavy atom. The van der Waals surface area contributed by atoms with Crippen LogP contribution in [-0.4, -0.2) is 5.11 Å². The largest absolute Gasteiger partial charge is 0.388 e. The minimum atomic E-state index is -0.633. The summed E-state index contributed by atoms with van der Waals surface area (Å²) in [7, 11) is 0. The van der Waals surface area contributed by atoms with E-state index in [-0.39, 0.29) is 5.02 Å². The summed E-state index contributed by atoms with van der Waals surface area (Å²) in [5, 5.41) is 10.2. The second-order valence-corrected chi connectivity index (χ2v) is 4.97. The number of aryl methyl sites for hydroxylation is 1. The highest BCUT2D eigenvalue weighted by Crippen LogP contribution is 2.22. The van der Waals surface area contributed by atoms with Crippen LogP contribution in [0.15, 0.2) is 42.5 Å². The molecule has 0 aliphatic rings. The van der Waals surface area contributed by atoms with Crippen LogP contribution >= 0.6 is 11.6 Å². The third-order valence-electron chi connectivity index (χ3n) is 3.19. The molecule has 1 nitrogen and oxygen atoms in total. The zero-order valence-electron chi connectivity index (χ0n) is 10.7. The Labute approximate surface area is 117 Å². The van der Waals surface area contributed by atoms with Crippen molar-refractivity contribution >= 4 is 11.6 Å². The van der Waals surface area contributed by atoms with E-state index in [9.17, 15) is 9.50 Å². The molecule has 0 aromatic heterocycles. The second kappa shape index (κ2) is 6.18. The Morgan fingerprint density at radius 2 is 1.74 bits per heavy atom. The third kappa shape index (κ3) is 3.55. The van der Waals surface area contributed by atoms with Crippen molar-refractivity contribution in [2.45, 2.75) is 25.9 Å². The molecule has 0 saturated heterocycles. The van der Waals surface area contributed by atoms with Crippen molar-refractivity contribution < 1.29 is 9.50 Å². The van der Waals surface area contributed by atoms with Crippen molar-refractivity contribution in [3.05, 3.63) is 70.0 Å². The Hall–Kier alpha value is -1.38. The van der Waals surface area contributed by atoms with Crippen molar-refractivity contribution in [2.24, 2.45) is 0 Å². The predicted octanol–water partition coefficient (Wildman–Crippen LogP) is 4.32. The molecule has 0 radical (unpaired) electrons. The maximum Gasteiger partial charge on any atom is 0.142 e. The molecule has 0 aliphatic carbocycles. The van der Waals surface area contributed by atoms with E-state index in [1.165, 1.54) is 17.7 Å². The standard InChI is InChI=1S/C16H16ClFO/c1-2-11-3-6-13(7-4-11)16(19)10-12-5-8-14(17)15(18)9-12/h3-9,16,19H,2,10H2,1H3. The molecular weight excluding hydrogens is 263 g/mol. The molecule has 100 valence electrons. The van der Waals surface area contributed by atoms with Gasteiger partial charge < -0.3 is 5.11 Å². The lowest BCUT2D eigenvalue weighted by atomic mass is 10.00. The normalized spacial score (nSPS) is 12.4. The highest BCUT2D eigenvalue weighted by molar-refractivity contribution is 6.30. The molecule has 0 fully saturated rings. The molecule has 0 bridgehead atoms. The Kier molecular flexibility index (Phi) is 4.56. The first-order chi connectivity index (χ1) is 9.10. The lowest BCUT2D eigenvalue weighted by Gasteiger charge is -2.12.